The zero-order valence-corrected chi connectivity index (χ0v) is 15.4. The van der Waals surface area contributed by atoms with E-state index < -0.39 is 0 Å². The summed E-state index contributed by atoms with van der Waals surface area (Å²) in [6.45, 7) is 2.09. The zero-order chi connectivity index (χ0) is 19.0. The third-order valence-corrected chi connectivity index (χ3v) is 4.26. The van der Waals surface area contributed by atoms with Crippen molar-refractivity contribution < 1.29 is 4.74 Å². The van der Waals surface area contributed by atoms with Gasteiger partial charge in [-0.2, -0.15) is 0 Å². The van der Waals surface area contributed by atoms with E-state index in [2.05, 4.69) is 50.3 Å². The van der Waals surface area contributed by atoms with Gasteiger partial charge in [-0.25, -0.2) is 0 Å². The van der Waals surface area contributed by atoms with Gasteiger partial charge in [-0.05, 0) is 29.8 Å². The largest absolute Gasteiger partial charge is 0.491 e. The Labute approximate surface area is 163 Å². The fourth-order valence-electron chi connectivity index (χ4n) is 2.89. The predicted octanol–water partition coefficient (Wildman–Crippen LogP) is 3.53. The van der Waals surface area contributed by atoms with Crippen LogP contribution in [0, 0.1) is 11.8 Å². The van der Waals surface area contributed by atoms with Crippen LogP contribution in [0.4, 0.5) is 0 Å². The van der Waals surface area contributed by atoms with E-state index >= 15 is 0 Å². The van der Waals surface area contributed by atoms with Crippen molar-refractivity contribution in [2.24, 2.45) is 0 Å². The van der Waals surface area contributed by atoms with E-state index in [9.17, 15) is 0 Å². The maximum atomic E-state index is 5.79. The fourth-order valence-corrected chi connectivity index (χ4v) is 2.89. The van der Waals surface area contributed by atoms with Crippen molar-refractivity contribution in [2.45, 2.75) is 6.54 Å². The van der Waals surface area contributed by atoms with Crippen molar-refractivity contribution in [3.63, 3.8) is 0 Å². The standard InChI is InChI=1S/C23H20N4O/c1-2-6-23-22(5-1)20(16-27-23)15-25-10-11-28-21-12-19(14-26-17-21)8-7-18-4-3-9-24-13-18/h1-6,9,12-14,16-17,25,27H,10-11,15H2. The Morgan fingerprint density at radius 3 is 2.79 bits per heavy atom. The summed E-state index contributed by atoms with van der Waals surface area (Å²) in [5, 5.41) is 4.66. The highest BCUT2D eigenvalue weighted by Gasteiger charge is 2.02. The molecule has 5 nitrogen and oxygen atoms in total. The molecule has 0 saturated carbocycles. The smallest absolute Gasteiger partial charge is 0.138 e. The van der Waals surface area contributed by atoms with Gasteiger partial charge < -0.3 is 15.0 Å². The van der Waals surface area contributed by atoms with Crippen LogP contribution in [0.2, 0.25) is 0 Å². The van der Waals surface area contributed by atoms with Crippen molar-refractivity contribution in [3.05, 3.63) is 90.1 Å². The molecule has 0 aliphatic heterocycles. The first-order valence-electron chi connectivity index (χ1n) is 9.14. The molecule has 138 valence electrons. The van der Waals surface area contributed by atoms with Crippen LogP contribution in [0.15, 0.2) is 73.4 Å². The topological polar surface area (TPSA) is 62.8 Å². The number of hydrogen-bond acceptors (Lipinski definition) is 4. The minimum absolute atomic E-state index is 0.559. The third kappa shape index (κ3) is 4.56. The van der Waals surface area contributed by atoms with Gasteiger partial charge in [0.05, 0.1) is 6.20 Å². The molecule has 0 atom stereocenters. The highest BCUT2D eigenvalue weighted by Crippen LogP contribution is 2.17. The number of rotatable bonds is 6. The van der Waals surface area contributed by atoms with E-state index in [-0.39, 0.29) is 0 Å². The number of benzene rings is 1. The number of H-pyrrole nitrogens is 1. The molecule has 2 N–H and O–H groups in total. The fraction of sp³-hybridized carbons (Fsp3) is 0.130. The van der Waals surface area contributed by atoms with Gasteiger partial charge in [-0.3, -0.25) is 9.97 Å². The molecular weight excluding hydrogens is 348 g/mol. The quantitative estimate of drug-likeness (QED) is 0.404. The average Bonchev–Trinajstić information content (AvgIpc) is 3.16. The van der Waals surface area contributed by atoms with E-state index in [0.29, 0.717) is 12.4 Å². The Morgan fingerprint density at radius 1 is 0.964 bits per heavy atom. The molecule has 0 bridgehead atoms. The molecule has 0 aliphatic carbocycles. The summed E-state index contributed by atoms with van der Waals surface area (Å²) in [5.74, 6) is 6.87. The number of hydrogen-bond donors (Lipinski definition) is 2. The van der Waals surface area contributed by atoms with Gasteiger partial charge in [0.1, 0.15) is 12.4 Å². The molecule has 3 aromatic heterocycles. The number of ether oxygens (including phenoxy) is 1. The first kappa shape index (κ1) is 17.8. The van der Waals surface area contributed by atoms with Gasteiger partial charge in [0.2, 0.25) is 0 Å². The molecule has 5 heteroatoms. The molecule has 0 unspecified atom stereocenters. The highest BCUT2D eigenvalue weighted by molar-refractivity contribution is 5.82. The molecule has 4 rings (SSSR count). The molecule has 28 heavy (non-hydrogen) atoms. The zero-order valence-electron chi connectivity index (χ0n) is 15.4. The maximum Gasteiger partial charge on any atom is 0.138 e. The Balaban J connectivity index is 1.27. The lowest BCUT2D eigenvalue weighted by Gasteiger charge is -2.07. The average molecular weight is 368 g/mol. The summed E-state index contributed by atoms with van der Waals surface area (Å²) >= 11 is 0. The second-order valence-electron chi connectivity index (χ2n) is 6.29. The second kappa shape index (κ2) is 8.85. The Kier molecular flexibility index (Phi) is 5.62. The van der Waals surface area contributed by atoms with Crippen LogP contribution in [0.3, 0.4) is 0 Å². The Morgan fingerprint density at radius 2 is 1.86 bits per heavy atom. The van der Waals surface area contributed by atoms with E-state index in [4.69, 9.17) is 4.74 Å². The van der Waals surface area contributed by atoms with Crippen LogP contribution in [0.25, 0.3) is 10.9 Å². The molecule has 1 aromatic carbocycles. The number of pyridine rings is 2. The molecular formula is C23H20N4O. The molecule has 4 aromatic rings. The van der Waals surface area contributed by atoms with Crippen LogP contribution in [-0.4, -0.2) is 28.1 Å². The monoisotopic (exact) mass is 368 g/mol. The van der Waals surface area contributed by atoms with E-state index in [1.54, 1.807) is 24.8 Å². The summed E-state index contributed by atoms with van der Waals surface area (Å²) in [7, 11) is 0. The molecule has 0 radical (unpaired) electrons. The van der Waals surface area contributed by atoms with E-state index in [1.807, 2.05) is 30.5 Å². The Bertz CT molecular complexity index is 1110. The number of fused-ring (bicyclic) bond motifs is 1. The number of aromatic amines is 1. The second-order valence-corrected chi connectivity index (χ2v) is 6.29. The number of aromatic nitrogens is 3. The highest BCUT2D eigenvalue weighted by atomic mass is 16.5. The van der Waals surface area contributed by atoms with Gasteiger partial charge in [0.25, 0.3) is 0 Å². The van der Waals surface area contributed by atoms with E-state index in [1.165, 1.54) is 10.9 Å². The van der Waals surface area contributed by atoms with Gasteiger partial charge in [-0.15, -0.1) is 0 Å². The van der Waals surface area contributed by atoms with Crippen LogP contribution < -0.4 is 10.1 Å². The lowest BCUT2D eigenvalue weighted by molar-refractivity contribution is 0.312. The molecule has 0 spiro atoms. The number of para-hydroxylation sites is 1. The van der Waals surface area contributed by atoms with Crippen LogP contribution >= 0.6 is 0 Å². The minimum Gasteiger partial charge on any atom is -0.491 e. The Hall–Kier alpha value is -3.62. The van der Waals surface area contributed by atoms with Gasteiger partial charge in [0.15, 0.2) is 0 Å². The molecule has 0 amide bonds. The molecule has 0 saturated heterocycles. The van der Waals surface area contributed by atoms with Crippen LogP contribution in [0.1, 0.15) is 16.7 Å². The van der Waals surface area contributed by atoms with Crippen molar-refractivity contribution in [1.29, 1.82) is 0 Å². The summed E-state index contributed by atoms with van der Waals surface area (Å²) < 4.78 is 5.79. The normalized spacial score (nSPS) is 10.4. The molecule has 0 aliphatic rings. The van der Waals surface area contributed by atoms with Crippen LogP contribution in [-0.2, 0) is 6.54 Å². The minimum atomic E-state index is 0.559. The first-order chi connectivity index (χ1) is 13.9. The van der Waals surface area contributed by atoms with Crippen LogP contribution in [0.5, 0.6) is 5.75 Å². The van der Waals surface area contributed by atoms with Crippen molar-refractivity contribution in [3.8, 4) is 17.6 Å². The lowest BCUT2D eigenvalue weighted by Crippen LogP contribution is -2.20. The van der Waals surface area contributed by atoms with E-state index in [0.717, 1.165) is 29.7 Å². The van der Waals surface area contributed by atoms with Gasteiger partial charge in [-0.1, -0.05) is 30.0 Å². The van der Waals surface area contributed by atoms with Crippen molar-refractivity contribution in [2.75, 3.05) is 13.2 Å². The van der Waals surface area contributed by atoms with Crippen molar-refractivity contribution in [1.82, 2.24) is 20.3 Å². The summed E-state index contributed by atoms with van der Waals surface area (Å²) in [4.78, 5) is 11.5. The molecule has 3 heterocycles. The lowest BCUT2D eigenvalue weighted by atomic mass is 10.2. The SMILES string of the molecule is C(#Cc1cncc(OCCNCc2c[nH]c3ccccc23)c1)c1cccnc1. The molecule has 0 fully saturated rings. The number of nitrogens with zero attached hydrogens (tertiary/aromatic N) is 2. The van der Waals surface area contributed by atoms with Gasteiger partial charge in [0, 0.05) is 59.9 Å². The summed E-state index contributed by atoms with van der Waals surface area (Å²) in [5.41, 5.74) is 4.10. The first-order valence-corrected chi connectivity index (χ1v) is 9.14. The summed E-state index contributed by atoms with van der Waals surface area (Å²) in [6, 6.07) is 14.0. The predicted molar refractivity (Wildman–Crippen MR) is 110 cm³/mol. The van der Waals surface area contributed by atoms with Gasteiger partial charge >= 0.3 is 0 Å². The third-order valence-electron chi connectivity index (χ3n) is 4.26. The summed E-state index contributed by atoms with van der Waals surface area (Å²) in [6.07, 6.45) is 8.95. The maximum absolute atomic E-state index is 5.79. The number of nitrogens with one attached hydrogen (secondary N) is 2. The van der Waals surface area contributed by atoms with Crippen molar-refractivity contribution >= 4 is 10.9 Å².